The van der Waals surface area contributed by atoms with Crippen molar-refractivity contribution in [1.29, 1.82) is 0 Å². The maximum absolute atomic E-state index is 3.43. The number of nitrogens with one attached hydrogen (secondary N) is 1. The van der Waals surface area contributed by atoms with Gasteiger partial charge in [-0.3, -0.25) is 0 Å². The van der Waals surface area contributed by atoms with E-state index in [1.807, 2.05) is 0 Å². The van der Waals surface area contributed by atoms with Crippen LogP contribution in [0.5, 0.6) is 0 Å². The van der Waals surface area contributed by atoms with Gasteiger partial charge in [-0.05, 0) is 53.0 Å². The SMILES string of the molecule is CN(C)CCCNCCCCBr. The molecule has 0 aliphatic heterocycles. The maximum atomic E-state index is 3.43. The number of alkyl halides is 1. The van der Waals surface area contributed by atoms with E-state index in [0.717, 1.165) is 11.9 Å². The molecule has 0 radical (unpaired) electrons. The molecule has 0 saturated carbocycles. The molecule has 0 heterocycles. The van der Waals surface area contributed by atoms with E-state index in [0.29, 0.717) is 0 Å². The topological polar surface area (TPSA) is 15.3 Å². The molecule has 0 rings (SSSR count). The Morgan fingerprint density at radius 1 is 1.08 bits per heavy atom. The maximum Gasteiger partial charge on any atom is 0.00317 e. The van der Waals surface area contributed by atoms with Gasteiger partial charge >= 0.3 is 0 Å². The third-order valence-corrected chi connectivity index (χ3v) is 2.26. The minimum Gasteiger partial charge on any atom is -0.317 e. The fraction of sp³-hybridized carbons (Fsp3) is 1.00. The number of halogens is 1. The van der Waals surface area contributed by atoms with Gasteiger partial charge in [0.05, 0.1) is 0 Å². The summed E-state index contributed by atoms with van der Waals surface area (Å²) in [5.41, 5.74) is 0. The van der Waals surface area contributed by atoms with Crippen molar-refractivity contribution in [3.05, 3.63) is 0 Å². The van der Waals surface area contributed by atoms with Crippen molar-refractivity contribution in [3.63, 3.8) is 0 Å². The van der Waals surface area contributed by atoms with E-state index in [-0.39, 0.29) is 0 Å². The molecule has 12 heavy (non-hydrogen) atoms. The highest BCUT2D eigenvalue weighted by molar-refractivity contribution is 9.09. The predicted molar refractivity (Wildman–Crippen MR) is 59.1 cm³/mol. The van der Waals surface area contributed by atoms with E-state index in [1.165, 1.54) is 32.4 Å². The largest absolute Gasteiger partial charge is 0.317 e. The first kappa shape index (κ1) is 12.4. The summed E-state index contributed by atoms with van der Waals surface area (Å²) in [5.74, 6) is 0. The van der Waals surface area contributed by atoms with Crippen molar-refractivity contribution in [2.75, 3.05) is 39.1 Å². The minimum atomic E-state index is 1.13. The molecule has 0 aromatic carbocycles. The van der Waals surface area contributed by atoms with Crippen LogP contribution in [-0.4, -0.2) is 44.0 Å². The van der Waals surface area contributed by atoms with Gasteiger partial charge in [0, 0.05) is 5.33 Å². The Bertz CT molecular complexity index is 86.6. The van der Waals surface area contributed by atoms with E-state index in [4.69, 9.17) is 0 Å². The van der Waals surface area contributed by atoms with E-state index < -0.39 is 0 Å². The van der Waals surface area contributed by atoms with Crippen LogP contribution >= 0.6 is 15.9 Å². The third-order valence-electron chi connectivity index (χ3n) is 1.70. The van der Waals surface area contributed by atoms with Crippen LogP contribution in [-0.2, 0) is 0 Å². The van der Waals surface area contributed by atoms with Crippen LogP contribution in [0, 0.1) is 0 Å². The molecule has 0 bridgehead atoms. The number of unbranched alkanes of at least 4 members (excludes halogenated alkanes) is 1. The monoisotopic (exact) mass is 236 g/mol. The number of hydrogen-bond acceptors (Lipinski definition) is 2. The van der Waals surface area contributed by atoms with Crippen LogP contribution in [0.25, 0.3) is 0 Å². The fourth-order valence-corrected chi connectivity index (χ4v) is 1.39. The molecule has 2 nitrogen and oxygen atoms in total. The molecule has 3 heteroatoms. The highest BCUT2D eigenvalue weighted by Gasteiger charge is 1.90. The Kier molecular flexibility index (Phi) is 9.80. The minimum absolute atomic E-state index is 1.13. The second kappa shape index (κ2) is 9.49. The van der Waals surface area contributed by atoms with Crippen molar-refractivity contribution in [2.24, 2.45) is 0 Å². The predicted octanol–water partition coefficient (Wildman–Crippen LogP) is 1.70. The Morgan fingerprint density at radius 2 is 1.75 bits per heavy atom. The summed E-state index contributed by atoms with van der Waals surface area (Å²) in [5, 5.41) is 4.56. The van der Waals surface area contributed by atoms with Crippen molar-refractivity contribution in [3.8, 4) is 0 Å². The lowest BCUT2D eigenvalue weighted by atomic mass is 10.3. The third kappa shape index (κ3) is 10.4. The Morgan fingerprint density at radius 3 is 2.33 bits per heavy atom. The normalized spacial score (nSPS) is 11.0. The molecule has 0 saturated heterocycles. The van der Waals surface area contributed by atoms with Crippen molar-refractivity contribution in [1.82, 2.24) is 10.2 Å². The Labute approximate surface area is 84.8 Å². The highest BCUT2D eigenvalue weighted by Crippen LogP contribution is 1.91. The first-order chi connectivity index (χ1) is 5.77. The number of nitrogens with zero attached hydrogens (tertiary/aromatic N) is 1. The van der Waals surface area contributed by atoms with Crippen LogP contribution in [0.1, 0.15) is 19.3 Å². The molecule has 0 amide bonds. The highest BCUT2D eigenvalue weighted by atomic mass is 79.9. The summed E-state index contributed by atoms with van der Waals surface area (Å²) in [6.07, 6.45) is 3.81. The van der Waals surface area contributed by atoms with E-state index in [2.05, 4.69) is 40.2 Å². The van der Waals surface area contributed by atoms with E-state index in [1.54, 1.807) is 0 Å². The smallest absolute Gasteiger partial charge is 0.00317 e. The van der Waals surface area contributed by atoms with Gasteiger partial charge in [0.15, 0.2) is 0 Å². The lowest BCUT2D eigenvalue weighted by molar-refractivity contribution is 0.394. The fourth-order valence-electron chi connectivity index (χ4n) is 0.990. The molecule has 0 spiro atoms. The first-order valence-corrected chi connectivity index (χ1v) is 5.81. The van der Waals surface area contributed by atoms with Gasteiger partial charge in [-0.1, -0.05) is 15.9 Å². The number of hydrogen-bond donors (Lipinski definition) is 1. The van der Waals surface area contributed by atoms with Crippen LogP contribution in [0.4, 0.5) is 0 Å². The molecule has 0 aliphatic rings. The second-order valence-electron chi connectivity index (χ2n) is 3.30. The van der Waals surface area contributed by atoms with Gasteiger partial charge in [0.25, 0.3) is 0 Å². The molecule has 0 unspecified atom stereocenters. The van der Waals surface area contributed by atoms with Gasteiger partial charge in [-0.2, -0.15) is 0 Å². The summed E-state index contributed by atoms with van der Waals surface area (Å²) in [6, 6.07) is 0. The summed E-state index contributed by atoms with van der Waals surface area (Å²) in [4.78, 5) is 2.22. The van der Waals surface area contributed by atoms with Crippen molar-refractivity contribution in [2.45, 2.75) is 19.3 Å². The van der Waals surface area contributed by atoms with Crippen LogP contribution in [0.3, 0.4) is 0 Å². The summed E-state index contributed by atoms with van der Waals surface area (Å²) in [6.45, 7) is 3.50. The molecule has 0 aromatic rings. The van der Waals surface area contributed by atoms with Gasteiger partial charge in [0.2, 0.25) is 0 Å². The molecule has 74 valence electrons. The van der Waals surface area contributed by atoms with Crippen LogP contribution < -0.4 is 5.32 Å². The molecule has 0 aromatic heterocycles. The zero-order valence-corrected chi connectivity index (χ0v) is 9.86. The average Bonchev–Trinajstić information content (AvgIpc) is 2.02. The zero-order chi connectivity index (χ0) is 9.23. The summed E-state index contributed by atoms with van der Waals surface area (Å²) >= 11 is 3.42. The van der Waals surface area contributed by atoms with E-state index in [9.17, 15) is 0 Å². The Balaban J connectivity index is 2.82. The molecule has 0 atom stereocenters. The molecular weight excluding hydrogens is 216 g/mol. The standard InChI is InChI=1S/C9H21BrN2/c1-12(2)9-5-8-11-7-4-3-6-10/h11H,3-9H2,1-2H3. The summed E-state index contributed by atoms with van der Waals surface area (Å²) < 4.78 is 0. The molecule has 0 fully saturated rings. The zero-order valence-electron chi connectivity index (χ0n) is 8.27. The molecule has 1 N–H and O–H groups in total. The molecule has 0 aliphatic carbocycles. The second-order valence-corrected chi connectivity index (χ2v) is 4.10. The van der Waals surface area contributed by atoms with Gasteiger partial charge in [-0.15, -0.1) is 0 Å². The van der Waals surface area contributed by atoms with E-state index >= 15 is 0 Å². The lowest BCUT2D eigenvalue weighted by Crippen LogP contribution is -2.22. The first-order valence-electron chi connectivity index (χ1n) is 4.69. The van der Waals surface area contributed by atoms with Crippen molar-refractivity contribution >= 4 is 15.9 Å². The van der Waals surface area contributed by atoms with Gasteiger partial charge in [-0.25, -0.2) is 0 Å². The lowest BCUT2D eigenvalue weighted by Gasteiger charge is -2.09. The average molecular weight is 237 g/mol. The van der Waals surface area contributed by atoms with Gasteiger partial charge < -0.3 is 10.2 Å². The van der Waals surface area contributed by atoms with Crippen molar-refractivity contribution < 1.29 is 0 Å². The number of rotatable bonds is 8. The molecular formula is C9H21BrN2. The Hall–Kier alpha value is 0.400. The van der Waals surface area contributed by atoms with Gasteiger partial charge in [0.1, 0.15) is 0 Å². The summed E-state index contributed by atoms with van der Waals surface area (Å²) in [7, 11) is 4.23. The van der Waals surface area contributed by atoms with Crippen LogP contribution in [0.15, 0.2) is 0 Å². The van der Waals surface area contributed by atoms with Crippen LogP contribution in [0.2, 0.25) is 0 Å². The quantitative estimate of drug-likeness (QED) is 0.510.